The molecule has 2 aromatic rings. The first-order chi connectivity index (χ1) is 12.3. The van der Waals surface area contributed by atoms with Crippen molar-refractivity contribution in [1.82, 2.24) is 25.2 Å². The zero-order chi connectivity index (χ0) is 17.3. The van der Waals surface area contributed by atoms with Gasteiger partial charge in [-0.05, 0) is 24.6 Å². The van der Waals surface area contributed by atoms with E-state index < -0.39 is 0 Å². The van der Waals surface area contributed by atoms with Gasteiger partial charge in [-0.1, -0.05) is 6.07 Å². The molecular weight excluding hydrogens is 318 g/mol. The molecule has 0 bridgehead atoms. The van der Waals surface area contributed by atoms with Crippen LogP contribution < -0.4 is 15.5 Å². The zero-order valence-corrected chi connectivity index (χ0v) is 14.1. The number of pyridine rings is 1. The van der Waals surface area contributed by atoms with E-state index in [9.17, 15) is 4.79 Å². The first-order valence-electron chi connectivity index (χ1n) is 8.52. The van der Waals surface area contributed by atoms with Crippen molar-refractivity contribution in [2.45, 2.75) is 6.42 Å². The molecule has 0 saturated carbocycles. The number of carbonyl (C=O) groups is 1. The molecule has 3 rings (SSSR count). The third-order valence-electron chi connectivity index (χ3n) is 4.00. The summed E-state index contributed by atoms with van der Waals surface area (Å²) < 4.78 is 0. The summed E-state index contributed by atoms with van der Waals surface area (Å²) in [7, 11) is 0. The maximum atomic E-state index is 12.2. The second kappa shape index (κ2) is 8.81. The van der Waals surface area contributed by atoms with E-state index in [-0.39, 0.29) is 6.03 Å². The van der Waals surface area contributed by atoms with Gasteiger partial charge >= 0.3 is 6.03 Å². The van der Waals surface area contributed by atoms with Gasteiger partial charge in [0.2, 0.25) is 5.95 Å². The molecule has 0 aromatic carbocycles. The highest BCUT2D eigenvalue weighted by atomic mass is 16.2. The molecule has 25 heavy (non-hydrogen) atoms. The Morgan fingerprint density at radius 3 is 2.44 bits per heavy atom. The zero-order valence-electron chi connectivity index (χ0n) is 14.1. The summed E-state index contributed by atoms with van der Waals surface area (Å²) in [5.74, 6) is 1.58. The van der Waals surface area contributed by atoms with E-state index in [0.29, 0.717) is 19.6 Å². The minimum absolute atomic E-state index is 0.00790. The summed E-state index contributed by atoms with van der Waals surface area (Å²) in [6.07, 6.45) is 6.07. The highest BCUT2D eigenvalue weighted by Crippen LogP contribution is 2.09. The second-order valence-electron chi connectivity index (χ2n) is 5.75. The van der Waals surface area contributed by atoms with Gasteiger partial charge in [-0.3, -0.25) is 0 Å². The van der Waals surface area contributed by atoms with Gasteiger partial charge in [-0.2, -0.15) is 0 Å². The highest BCUT2D eigenvalue weighted by molar-refractivity contribution is 5.74. The van der Waals surface area contributed by atoms with Crippen LogP contribution in [0.1, 0.15) is 6.42 Å². The quantitative estimate of drug-likeness (QED) is 0.768. The van der Waals surface area contributed by atoms with E-state index in [2.05, 4.69) is 30.5 Å². The Morgan fingerprint density at radius 2 is 1.72 bits per heavy atom. The van der Waals surface area contributed by atoms with Crippen molar-refractivity contribution in [2.24, 2.45) is 0 Å². The molecule has 1 aliphatic rings. The van der Waals surface area contributed by atoms with Gasteiger partial charge in [0.25, 0.3) is 0 Å². The molecule has 0 aliphatic carbocycles. The molecule has 132 valence electrons. The summed E-state index contributed by atoms with van der Waals surface area (Å²) in [6.45, 7) is 4.26. The maximum Gasteiger partial charge on any atom is 0.317 e. The molecule has 0 radical (unpaired) electrons. The number of anilines is 2. The fourth-order valence-corrected chi connectivity index (χ4v) is 2.64. The van der Waals surface area contributed by atoms with Crippen LogP contribution in [-0.4, -0.2) is 65.2 Å². The molecular formula is C17H23N7O. The van der Waals surface area contributed by atoms with Gasteiger partial charge in [-0.25, -0.2) is 19.7 Å². The van der Waals surface area contributed by atoms with E-state index in [1.54, 1.807) is 24.7 Å². The van der Waals surface area contributed by atoms with E-state index in [1.165, 1.54) is 0 Å². The molecule has 8 heteroatoms. The number of aromatic nitrogens is 3. The molecule has 0 spiro atoms. The van der Waals surface area contributed by atoms with Gasteiger partial charge in [0.15, 0.2) is 0 Å². The summed E-state index contributed by atoms with van der Waals surface area (Å²) in [6, 6.07) is 7.54. The summed E-state index contributed by atoms with van der Waals surface area (Å²) in [4.78, 5) is 28.8. The molecule has 1 aliphatic heterocycles. The van der Waals surface area contributed by atoms with Crippen molar-refractivity contribution < 1.29 is 4.79 Å². The van der Waals surface area contributed by atoms with Crippen molar-refractivity contribution in [3.8, 4) is 0 Å². The normalized spacial score (nSPS) is 14.2. The van der Waals surface area contributed by atoms with Gasteiger partial charge in [-0.15, -0.1) is 0 Å². The van der Waals surface area contributed by atoms with Gasteiger partial charge in [0.05, 0.1) is 0 Å². The summed E-state index contributed by atoms with van der Waals surface area (Å²) >= 11 is 0. The van der Waals surface area contributed by atoms with Crippen molar-refractivity contribution in [2.75, 3.05) is 49.5 Å². The molecule has 0 atom stereocenters. The number of nitrogens with one attached hydrogen (secondary N) is 2. The first-order valence-corrected chi connectivity index (χ1v) is 8.52. The van der Waals surface area contributed by atoms with Crippen LogP contribution in [0.5, 0.6) is 0 Å². The third-order valence-corrected chi connectivity index (χ3v) is 4.00. The number of nitrogens with zero attached hydrogens (tertiary/aromatic N) is 5. The Labute approximate surface area is 147 Å². The molecule has 1 fully saturated rings. The first kappa shape index (κ1) is 16.9. The van der Waals surface area contributed by atoms with E-state index in [0.717, 1.165) is 37.8 Å². The average Bonchev–Trinajstić information content (AvgIpc) is 2.69. The van der Waals surface area contributed by atoms with E-state index in [4.69, 9.17) is 0 Å². The number of amides is 2. The number of rotatable bonds is 6. The number of carbonyl (C=O) groups excluding carboxylic acids is 1. The van der Waals surface area contributed by atoms with Crippen LogP contribution in [0.2, 0.25) is 0 Å². The smallest absolute Gasteiger partial charge is 0.317 e. The van der Waals surface area contributed by atoms with E-state index >= 15 is 0 Å². The molecule has 2 aromatic heterocycles. The summed E-state index contributed by atoms with van der Waals surface area (Å²) in [5, 5.41) is 6.20. The van der Waals surface area contributed by atoms with Crippen molar-refractivity contribution in [3.63, 3.8) is 0 Å². The average molecular weight is 341 g/mol. The Kier molecular flexibility index (Phi) is 5.97. The van der Waals surface area contributed by atoms with Crippen molar-refractivity contribution >= 4 is 17.8 Å². The van der Waals surface area contributed by atoms with Crippen LogP contribution in [0.3, 0.4) is 0 Å². The predicted octanol–water partition coefficient (Wildman–Crippen LogP) is 1.21. The minimum atomic E-state index is -0.00790. The predicted molar refractivity (Wildman–Crippen MR) is 96.6 cm³/mol. The monoisotopic (exact) mass is 341 g/mol. The largest absolute Gasteiger partial charge is 0.370 e. The Morgan fingerprint density at radius 1 is 0.960 bits per heavy atom. The van der Waals surface area contributed by atoms with Gasteiger partial charge in [0.1, 0.15) is 5.82 Å². The molecule has 3 heterocycles. The molecule has 2 amide bonds. The third kappa shape index (κ3) is 5.03. The number of piperazine rings is 1. The van der Waals surface area contributed by atoms with Crippen LogP contribution in [0.15, 0.2) is 42.9 Å². The van der Waals surface area contributed by atoms with Crippen LogP contribution >= 0.6 is 0 Å². The fraction of sp³-hybridized carbons (Fsp3) is 0.412. The number of urea groups is 1. The summed E-state index contributed by atoms with van der Waals surface area (Å²) in [5.41, 5.74) is 0. The van der Waals surface area contributed by atoms with Crippen LogP contribution in [0, 0.1) is 0 Å². The molecule has 2 N–H and O–H groups in total. The van der Waals surface area contributed by atoms with Gasteiger partial charge in [0, 0.05) is 57.9 Å². The van der Waals surface area contributed by atoms with Crippen LogP contribution in [0.25, 0.3) is 0 Å². The van der Waals surface area contributed by atoms with Crippen molar-refractivity contribution in [3.05, 3.63) is 42.9 Å². The lowest BCUT2D eigenvalue weighted by Gasteiger charge is -2.34. The van der Waals surface area contributed by atoms with Crippen LogP contribution in [0.4, 0.5) is 16.6 Å². The molecule has 0 unspecified atom stereocenters. The Bertz CT molecular complexity index is 645. The maximum absolute atomic E-state index is 12.2. The lowest BCUT2D eigenvalue weighted by atomic mass is 10.3. The lowest BCUT2D eigenvalue weighted by molar-refractivity contribution is 0.194. The topological polar surface area (TPSA) is 86.3 Å². The Balaban J connectivity index is 1.31. The van der Waals surface area contributed by atoms with E-state index in [1.807, 2.05) is 23.1 Å². The second-order valence-corrected chi connectivity index (χ2v) is 5.75. The van der Waals surface area contributed by atoms with Crippen LogP contribution in [-0.2, 0) is 0 Å². The molecule has 8 nitrogen and oxygen atoms in total. The Hall–Kier alpha value is -2.90. The minimum Gasteiger partial charge on any atom is -0.370 e. The highest BCUT2D eigenvalue weighted by Gasteiger charge is 2.21. The number of hydrogen-bond donors (Lipinski definition) is 2. The fourth-order valence-electron chi connectivity index (χ4n) is 2.64. The molecule has 1 saturated heterocycles. The standard InChI is InChI=1S/C17H23N7O/c25-17(22-10-3-7-19-15-5-1-2-6-18-15)24-13-11-23(12-14-24)16-20-8-4-9-21-16/h1-2,4-6,8-9H,3,7,10-14H2,(H,18,19)(H,22,25). The lowest BCUT2D eigenvalue weighted by Crippen LogP contribution is -2.52. The SMILES string of the molecule is O=C(NCCCNc1ccccn1)N1CCN(c2ncccn2)CC1. The number of hydrogen-bond acceptors (Lipinski definition) is 6. The van der Waals surface area contributed by atoms with Gasteiger partial charge < -0.3 is 20.4 Å². The van der Waals surface area contributed by atoms with Crippen molar-refractivity contribution in [1.29, 1.82) is 0 Å².